The molecule has 0 spiro atoms. The quantitative estimate of drug-likeness (QED) is 0.743. The lowest BCUT2D eigenvalue weighted by Crippen LogP contribution is -2.52. The Kier molecular flexibility index (Phi) is 2.75. The van der Waals surface area contributed by atoms with Crippen LogP contribution in [0.5, 0.6) is 0 Å². The maximum Gasteiger partial charge on any atom is 0.255 e. The summed E-state index contributed by atoms with van der Waals surface area (Å²) < 4.78 is 0. The number of carbonyl (C=O) groups excluding carboxylic acids is 3. The van der Waals surface area contributed by atoms with Gasteiger partial charge >= 0.3 is 0 Å². The molecule has 1 unspecified atom stereocenters. The van der Waals surface area contributed by atoms with E-state index in [1.807, 2.05) is 0 Å². The molecule has 100 valence electrons. The number of hydrogen-bond acceptors (Lipinski definition) is 4. The molecule has 2 aliphatic heterocycles. The Morgan fingerprint density at radius 1 is 1.30 bits per heavy atom. The van der Waals surface area contributed by atoms with Crippen LogP contribution in [0, 0.1) is 11.3 Å². The summed E-state index contributed by atoms with van der Waals surface area (Å²) in [5.74, 6) is -1.01. The third-order valence-corrected chi connectivity index (χ3v) is 3.70. The fourth-order valence-corrected chi connectivity index (χ4v) is 2.69. The Morgan fingerprint density at radius 3 is 2.80 bits per heavy atom. The second kappa shape index (κ2) is 4.46. The van der Waals surface area contributed by atoms with Gasteiger partial charge in [0.25, 0.3) is 5.91 Å². The molecular formula is C14H11N3O3. The van der Waals surface area contributed by atoms with Crippen LogP contribution in [0.3, 0.4) is 0 Å². The Balaban J connectivity index is 1.93. The van der Waals surface area contributed by atoms with E-state index < -0.39 is 11.9 Å². The molecule has 20 heavy (non-hydrogen) atoms. The summed E-state index contributed by atoms with van der Waals surface area (Å²) in [4.78, 5) is 36.8. The summed E-state index contributed by atoms with van der Waals surface area (Å²) in [6, 6.07) is 6.38. The average molecular weight is 269 g/mol. The van der Waals surface area contributed by atoms with Gasteiger partial charge in [0.1, 0.15) is 6.04 Å². The summed E-state index contributed by atoms with van der Waals surface area (Å²) in [6.07, 6.45) is 0.550. The number of piperidine rings is 1. The molecule has 1 aromatic rings. The predicted octanol–water partition coefficient (Wildman–Crippen LogP) is 0.319. The van der Waals surface area contributed by atoms with Crippen LogP contribution in [0.15, 0.2) is 18.2 Å². The molecule has 0 saturated carbocycles. The van der Waals surface area contributed by atoms with Crippen molar-refractivity contribution in [2.24, 2.45) is 0 Å². The molecule has 3 amide bonds. The molecule has 0 bridgehead atoms. The first-order valence-corrected chi connectivity index (χ1v) is 6.28. The van der Waals surface area contributed by atoms with Gasteiger partial charge in [-0.25, -0.2) is 0 Å². The van der Waals surface area contributed by atoms with Crippen LogP contribution in [-0.4, -0.2) is 28.7 Å². The van der Waals surface area contributed by atoms with E-state index in [2.05, 4.69) is 11.4 Å². The highest BCUT2D eigenvalue weighted by atomic mass is 16.2. The van der Waals surface area contributed by atoms with E-state index in [1.165, 1.54) is 4.90 Å². The smallest absolute Gasteiger partial charge is 0.255 e. The number of carbonyl (C=O) groups is 3. The molecular weight excluding hydrogens is 258 g/mol. The summed E-state index contributed by atoms with van der Waals surface area (Å²) in [5.41, 5.74) is 1.57. The maximum absolute atomic E-state index is 12.3. The Bertz CT molecular complexity index is 675. The van der Waals surface area contributed by atoms with Crippen molar-refractivity contribution in [2.45, 2.75) is 25.4 Å². The molecule has 6 nitrogen and oxygen atoms in total. The number of rotatable bonds is 1. The molecule has 0 aliphatic carbocycles. The molecule has 2 heterocycles. The second-order valence-electron chi connectivity index (χ2n) is 4.84. The molecule has 1 N–H and O–H groups in total. The van der Waals surface area contributed by atoms with Crippen molar-refractivity contribution < 1.29 is 14.4 Å². The molecule has 0 radical (unpaired) electrons. The van der Waals surface area contributed by atoms with Crippen molar-refractivity contribution in [3.05, 3.63) is 34.9 Å². The first-order chi connectivity index (χ1) is 9.61. The summed E-state index contributed by atoms with van der Waals surface area (Å²) in [5, 5.41) is 11.3. The summed E-state index contributed by atoms with van der Waals surface area (Å²) in [6.45, 7) is 0.240. The van der Waals surface area contributed by atoms with Gasteiger partial charge in [-0.15, -0.1) is 0 Å². The zero-order valence-electron chi connectivity index (χ0n) is 10.5. The van der Waals surface area contributed by atoms with Crippen LogP contribution < -0.4 is 5.32 Å². The minimum Gasteiger partial charge on any atom is -0.322 e. The van der Waals surface area contributed by atoms with Crippen LogP contribution >= 0.6 is 0 Å². The van der Waals surface area contributed by atoms with Crippen LogP contribution in [0.25, 0.3) is 0 Å². The first kappa shape index (κ1) is 12.4. The minimum absolute atomic E-state index is 0.224. The number of fused-ring (bicyclic) bond motifs is 1. The van der Waals surface area contributed by atoms with E-state index >= 15 is 0 Å². The van der Waals surface area contributed by atoms with Gasteiger partial charge in [0.05, 0.1) is 11.6 Å². The van der Waals surface area contributed by atoms with Crippen molar-refractivity contribution in [1.82, 2.24) is 10.2 Å². The third kappa shape index (κ3) is 1.75. The molecule has 0 aromatic heterocycles. The van der Waals surface area contributed by atoms with Crippen LogP contribution in [0.2, 0.25) is 0 Å². The third-order valence-electron chi connectivity index (χ3n) is 3.70. The van der Waals surface area contributed by atoms with Gasteiger partial charge in [-0.05, 0) is 18.6 Å². The first-order valence-electron chi connectivity index (χ1n) is 6.28. The SMILES string of the molecule is N#Cc1cccc2c1CN(C1CCC(=O)NC1=O)C2=O. The number of imide groups is 1. The maximum atomic E-state index is 12.3. The Labute approximate surface area is 115 Å². The van der Waals surface area contributed by atoms with Crippen LogP contribution in [-0.2, 0) is 16.1 Å². The van der Waals surface area contributed by atoms with E-state index in [4.69, 9.17) is 5.26 Å². The number of hydrogen-bond donors (Lipinski definition) is 1. The highest BCUT2D eigenvalue weighted by molar-refractivity contribution is 6.05. The lowest BCUT2D eigenvalue weighted by atomic mass is 10.0. The number of nitriles is 1. The van der Waals surface area contributed by atoms with Crippen LogP contribution in [0.4, 0.5) is 0 Å². The minimum atomic E-state index is -0.640. The van der Waals surface area contributed by atoms with Crippen LogP contribution in [0.1, 0.15) is 34.3 Å². The van der Waals surface area contributed by atoms with Crippen molar-refractivity contribution in [3.8, 4) is 6.07 Å². The highest BCUT2D eigenvalue weighted by Crippen LogP contribution is 2.29. The van der Waals surface area contributed by atoms with E-state index in [0.717, 1.165) is 0 Å². The number of nitrogens with one attached hydrogen (secondary N) is 1. The van der Waals surface area contributed by atoms with E-state index in [0.29, 0.717) is 23.1 Å². The molecule has 3 rings (SSSR count). The largest absolute Gasteiger partial charge is 0.322 e. The monoisotopic (exact) mass is 269 g/mol. The van der Waals surface area contributed by atoms with Crippen molar-refractivity contribution in [2.75, 3.05) is 0 Å². The Morgan fingerprint density at radius 2 is 2.10 bits per heavy atom. The second-order valence-corrected chi connectivity index (χ2v) is 4.84. The molecule has 1 fully saturated rings. The van der Waals surface area contributed by atoms with Crippen molar-refractivity contribution in [3.63, 3.8) is 0 Å². The lowest BCUT2D eigenvalue weighted by Gasteiger charge is -2.29. The zero-order valence-corrected chi connectivity index (χ0v) is 10.5. The van der Waals surface area contributed by atoms with E-state index in [-0.39, 0.29) is 24.8 Å². The van der Waals surface area contributed by atoms with Gasteiger partial charge in [0.15, 0.2) is 0 Å². The van der Waals surface area contributed by atoms with E-state index in [1.54, 1.807) is 18.2 Å². The topological polar surface area (TPSA) is 90.3 Å². The standard InChI is InChI=1S/C14H11N3O3/c15-6-8-2-1-3-9-10(8)7-17(14(9)20)11-4-5-12(18)16-13(11)19/h1-3,11H,4-5,7H2,(H,16,18,19). The predicted molar refractivity (Wildman–Crippen MR) is 67.2 cm³/mol. The summed E-state index contributed by atoms with van der Waals surface area (Å²) in [7, 11) is 0. The highest BCUT2D eigenvalue weighted by Gasteiger charge is 2.39. The molecule has 6 heteroatoms. The van der Waals surface area contributed by atoms with Gasteiger partial charge in [-0.1, -0.05) is 6.07 Å². The fraction of sp³-hybridized carbons (Fsp3) is 0.286. The number of benzene rings is 1. The number of amides is 3. The number of nitrogens with zero attached hydrogens (tertiary/aromatic N) is 2. The Hall–Kier alpha value is -2.68. The average Bonchev–Trinajstić information content (AvgIpc) is 2.76. The van der Waals surface area contributed by atoms with Gasteiger partial charge < -0.3 is 4.90 Å². The molecule has 1 aromatic carbocycles. The molecule has 1 saturated heterocycles. The fourth-order valence-electron chi connectivity index (χ4n) is 2.69. The van der Waals surface area contributed by atoms with E-state index in [9.17, 15) is 14.4 Å². The lowest BCUT2D eigenvalue weighted by molar-refractivity contribution is -0.136. The van der Waals surface area contributed by atoms with Crippen molar-refractivity contribution >= 4 is 17.7 Å². The van der Waals surface area contributed by atoms with Gasteiger partial charge in [-0.3, -0.25) is 19.7 Å². The van der Waals surface area contributed by atoms with Gasteiger partial charge in [0.2, 0.25) is 11.8 Å². The zero-order chi connectivity index (χ0) is 14.3. The van der Waals surface area contributed by atoms with Gasteiger partial charge in [-0.2, -0.15) is 5.26 Å². The van der Waals surface area contributed by atoms with Gasteiger partial charge in [0, 0.05) is 24.1 Å². The summed E-state index contributed by atoms with van der Waals surface area (Å²) >= 11 is 0. The molecule has 2 aliphatic rings. The molecule has 1 atom stereocenters. The van der Waals surface area contributed by atoms with Crippen molar-refractivity contribution in [1.29, 1.82) is 5.26 Å². The normalized spacial score (nSPS) is 21.4.